The maximum atomic E-state index is 13.2. The molecule has 1 spiro atoms. The summed E-state index contributed by atoms with van der Waals surface area (Å²) in [5, 5.41) is 3.38. The van der Waals surface area contributed by atoms with E-state index in [0.717, 1.165) is 36.2 Å². The fraction of sp³-hybridized carbons (Fsp3) is 0.524. The van der Waals surface area contributed by atoms with E-state index in [2.05, 4.69) is 19.2 Å². The van der Waals surface area contributed by atoms with Crippen LogP contribution in [-0.2, 0) is 31.7 Å². The van der Waals surface area contributed by atoms with E-state index in [4.69, 9.17) is 9.47 Å². The average Bonchev–Trinajstić information content (AvgIpc) is 3.27. The molecule has 7 heteroatoms. The summed E-state index contributed by atoms with van der Waals surface area (Å²) in [6, 6.07) is 9.18. The van der Waals surface area contributed by atoms with Gasteiger partial charge in [0.15, 0.2) is 5.79 Å². The lowest BCUT2D eigenvalue weighted by Crippen LogP contribution is -2.36. The summed E-state index contributed by atoms with van der Waals surface area (Å²) in [6.45, 7) is 7.36. The van der Waals surface area contributed by atoms with Crippen LogP contribution >= 0.6 is 0 Å². The summed E-state index contributed by atoms with van der Waals surface area (Å²) in [5.74, 6) is -0.828. The summed E-state index contributed by atoms with van der Waals surface area (Å²) in [4.78, 5) is 0.295. The second kappa shape index (κ2) is 7.30. The zero-order valence-electron chi connectivity index (χ0n) is 16.6. The van der Waals surface area contributed by atoms with Gasteiger partial charge in [0.1, 0.15) is 0 Å². The number of hydrogen-bond donors (Lipinski definition) is 1. The Morgan fingerprint density at radius 1 is 1.25 bits per heavy atom. The Bertz CT molecular complexity index is 949. The lowest BCUT2D eigenvalue weighted by Gasteiger charge is -2.33. The van der Waals surface area contributed by atoms with Crippen LogP contribution in [0.3, 0.4) is 0 Å². The van der Waals surface area contributed by atoms with E-state index in [1.165, 1.54) is 3.97 Å². The van der Waals surface area contributed by atoms with E-state index >= 15 is 0 Å². The second-order valence-electron chi connectivity index (χ2n) is 8.01. The molecule has 1 aromatic carbocycles. The van der Waals surface area contributed by atoms with Crippen molar-refractivity contribution < 1.29 is 17.9 Å². The van der Waals surface area contributed by atoms with Gasteiger partial charge in [-0.2, -0.15) is 0 Å². The normalized spacial score (nSPS) is 24.8. The van der Waals surface area contributed by atoms with Crippen molar-refractivity contribution in [3.63, 3.8) is 0 Å². The number of rotatable bonds is 5. The molecule has 2 atom stereocenters. The number of hydrogen-bond acceptors (Lipinski definition) is 5. The monoisotopic (exact) mass is 404 g/mol. The molecular weight excluding hydrogens is 376 g/mol. The number of nitrogens with one attached hydrogen (secondary N) is 1. The maximum Gasteiger partial charge on any atom is 0.267 e. The number of ether oxygens (including phenoxy) is 2. The molecule has 152 valence electrons. The molecule has 2 aromatic rings. The highest BCUT2D eigenvalue weighted by Crippen LogP contribution is 2.44. The van der Waals surface area contributed by atoms with Crippen LogP contribution < -0.4 is 5.32 Å². The van der Waals surface area contributed by atoms with E-state index in [0.29, 0.717) is 24.0 Å². The first-order chi connectivity index (χ1) is 13.3. The molecule has 1 saturated heterocycles. The molecule has 0 amide bonds. The number of aryl methyl sites for hydroxylation is 1. The van der Waals surface area contributed by atoms with Crippen LogP contribution in [0.15, 0.2) is 41.4 Å². The minimum Gasteiger partial charge on any atom is -0.343 e. The van der Waals surface area contributed by atoms with Gasteiger partial charge in [0.25, 0.3) is 10.0 Å². The topological polar surface area (TPSA) is 69.6 Å². The van der Waals surface area contributed by atoms with Crippen LogP contribution in [0.2, 0.25) is 0 Å². The molecule has 6 nitrogen and oxygen atoms in total. The van der Waals surface area contributed by atoms with Crippen molar-refractivity contribution in [2.75, 3.05) is 13.2 Å². The van der Waals surface area contributed by atoms with Gasteiger partial charge in [-0.15, -0.1) is 0 Å². The van der Waals surface area contributed by atoms with Gasteiger partial charge in [-0.25, -0.2) is 12.4 Å². The van der Waals surface area contributed by atoms with Crippen LogP contribution in [0.4, 0.5) is 0 Å². The Balaban J connectivity index is 1.65. The minimum absolute atomic E-state index is 0.0367. The Morgan fingerprint density at radius 2 is 2.00 bits per heavy atom. The number of fused-ring (bicyclic) bond motifs is 2. The van der Waals surface area contributed by atoms with Gasteiger partial charge in [-0.3, -0.25) is 0 Å². The van der Waals surface area contributed by atoms with Crippen molar-refractivity contribution in [1.82, 2.24) is 9.29 Å². The molecule has 2 aliphatic rings. The van der Waals surface area contributed by atoms with Gasteiger partial charge in [0, 0.05) is 36.5 Å². The summed E-state index contributed by atoms with van der Waals surface area (Å²) in [5.41, 5.74) is 2.65. The van der Waals surface area contributed by atoms with E-state index in [1.807, 2.05) is 25.1 Å². The van der Waals surface area contributed by atoms with Crippen LogP contribution in [0.5, 0.6) is 0 Å². The first-order valence-electron chi connectivity index (χ1n) is 9.90. The van der Waals surface area contributed by atoms with Crippen molar-refractivity contribution in [3.05, 3.63) is 53.3 Å². The number of aromatic nitrogens is 1. The van der Waals surface area contributed by atoms with Crippen LogP contribution in [-0.4, -0.2) is 37.7 Å². The molecule has 0 saturated carbocycles. The smallest absolute Gasteiger partial charge is 0.267 e. The zero-order valence-corrected chi connectivity index (χ0v) is 17.5. The van der Waals surface area contributed by atoms with E-state index < -0.39 is 15.8 Å². The highest BCUT2D eigenvalue weighted by atomic mass is 32.2. The Kier molecular flexibility index (Phi) is 5.12. The predicted molar refractivity (Wildman–Crippen MR) is 107 cm³/mol. The van der Waals surface area contributed by atoms with Crippen LogP contribution in [0.1, 0.15) is 43.5 Å². The SMILES string of the molecule is Cc1ccc(S(=O)(=O)n2ccc3c2CCCC32OCC(CNC(C)C)O2)cc1. The first-order valence-corrected chi connectivity index (χ1v) is 11.3. The van der Waals surface area contributed by atoms with Crippen molar-refractivity contribution in [3.8, 4) is 0 Å². The Labute approximate surface area is 166 Å². The molecule has 1 aliphatic carbocycles. The van der Waals surface area contributed by atoms with Gasteiger partial charge in [-0.1, -0.05) is 31.5 Å². The molecule has 1 aliphatic heterocycles. The van der Waals surface area contributed by atoms with Crippen LogP contribution in [0.25, 0.3) is 0 Å². The second-order valence-corrected chi connectivity index (χ2v) is 9.83. The van der Waals surface area contributed by atoms with Gasteiger partial charge in [0.2, 0.25) is 0 Å². The number of benzene rings is 1. The third kappa shape index (κ3) is 3.41. The van der Waals surface area contributed by atoms with E-state index in [1.54, 1.807) is 18.3 Å². The molecule has 1 aromatic heterocycles. The molecule has 1 fully saturated rings. The van der Waals surface area contributed by atoms with Crippen molar-refractivity contribution >= 4 is 10.0 Å². The number of nitrogens with zero attached hydrogens (tertiary/aromatic N) is 1. The highest BCUT2D eigenvalue weighted by Gasteiger charge is 2.47. The average molecular weight is 405 g/mol. The third-order valence-corrected chi connectivity index (χ3v) is 7.20. The summed E-state index contributed by atoms with van der Waals surface area (Å²) in [6.07, 6.45) is 3.86. The first kappa shape index (κ1) is 19.6. The fourth-order valence-electron chi connectivity index (χ4n) is 4.02. The van der Waals surface area contributed by atoms with Crippen molar-refractivity contribution in [1.29, 1.82) is 0 Å². The molecule has 0 radical (unpaired) electrons. The predicted octanol–water partition coefficient (Wildman–Crippen LogP) is 2.94. The van der Waals surface area contributed by atoms with Gasteiger partial charge >= 0.3 is 0 Å². The minimum atomic E-state index is -3.64. The molecule has 1 N–H and O–H groups in total. The maximum absolute atomic E-state index is 13.2. The van der Waals surface area contributed by atoms with E-state index in [-0.39, 0.29) is 6.10 Å². The highest BCUT2D eigenvalue weighted by molar-refractivity contribution is 7.90. The van der Waals surface area contributed by atoms with Gasteiger partial charge < -0.3 is 14.8 Å². The lowest BCUT2D eigenvalue weighted by molar-refractivity contribution is -0.186. The van der Waals surface area contributed by atoms with Crippen molar-refractivity contribution in [2.45, 2.75) is 62.9 Å². The van der Waals surface area contributed by atoms with Crippen LogP contribution in [0, 0.1) is 6.92 Å². The Morgan fingerprint density at radius 3 is 2.71 bits per heavy atom. The third-order valence-electron chi connectivity index (χ3n) is 5.47. The standard InChI is InChI=1S/C21H28N2O4S/c1-15(2)22-13-17-14-26-21(27-17)11-4-5-20-19(21)10-12-23(20)28(24,25)18-8-6-16(3)7-9-18/h6-10,12,15,17,22H,4-5,11,13-14H2,1-3H3. The molecule has 4 rings (SSSR count). The molecule has 0 bridgehead atoms. The lowest BCUT2D eigenvalue weighted by atomic mass is 9.92. The largest absolute Gasteiger partial charge is 0.343 e. The van der Waals surface area contributed by atoms with Crippen molar-refractivity contribution in [2.24, 2.45) is 0 Å². The van der Waals surface area contributed by atoms with Gasteiger partial charge in [-0.05, 0) is 38.0 Å². The van der Waals surface area contributed by atoms with Gasteiger partial charge in [0.05, 0.1) is 17.6 Å². The molecule has 2 heterocycles. The van der Waals surface area contributed by atoms with E-state index in [9.17, 15) is 8.42 Å². The summed E-state index contributed by atoms with van der Waals surface area (Å²) < 4.78 is 40.2. The Hall–Kier alpha value is -1.67. The quantitative estimate of drug-likeness (QED) is 0.830. The molecule has 28 heavy (non-hydrogen) atoms. The summed E-state index contributed by atoms with van der Waals surface area (Å²) in [7, 11) is -3.64. The summed E-state index contributed by atoms with van der Waals surface area (Å²) >= 11 is 0. The molecule has 2 unspecified atom stereocenters. The zero-order chi connectivity index (χ0) is 19.9. The fourth-order valence-corrected chi connectivity index (χ4v) is 5.42. The molecular formula is C21H28N2O4S.